The highest BCUT2D eigenvalue weighted by Crippen LogP contribution is 2.73. The zero-order valence-corrected chi connectivity index (χ0v) is 46.4. The standard InChI is InChI=1S/C68H70N2O12/c1-78-60-43-16-14-36-25-35-8-3-12-40(35)53-51(36)54(43)56-59(74)55(53)48(72)30-70-29-46-34(7-2-13-41(46)63(70)75)9-6-24-79-62-58(73)50-31-80-49(19-18-44(60)61(56)82-64(81-50)68(62,77)33-71)45-28-69-47-26-37-20-23-66-32-67(76)22-5-11-39(67)27-65(66)21-4-10-38(65)15-17-42(52(45)47)57(37)66/h2,7,13,18-19,25-26,28,35,38-40,49-50,58,62,64,69,71,73-74,76-77H,3-5,8-12,14-17,20-23,27,29-33H2,1H3. The van der Waals surface area contributed by atoms with Gasteiger partial charge < -0.3 is 59.1 Å². The highest BCUT2D eigenvalue weighted by atomic mass is 16.7. The van der Waals surface area contributed by atoms with Gasteiger partial charge in [-0.05, 0) is 182 Å². The zero-order chi connectivity index (χ0) is 55.3. The van der Waals surface area contributed by atoms with Gasteiger partial charge in [-0.15, -0.1) is 0 Å². The molecule has 12 aliphatic rings. The molecule has 2 spiro atoms. The van der Waals surface area contributed by atoms with Crippen molar-refractivity contribution in [1.29, 1.82) is 0 Å². The molecule has 4 saturated carbocycles. The fourth-order valence-corrected chi connectivity index (χ4v) is 20.1. The van der Waals surface area contributed by atoms with E-state index >= 15 is 4.79 Å². The number of nitrogens with one attached hydrogen (secondary N) is 1. The Labute approximate surface area is 475 Å². The molecule has 5 aromatic rings. The summed E-state index contributed by atoms with van der Waals surface area (Å²) in [6.07, 6.45) is 20.7. The average molecular weight is 1110 g/mol. The molecule has 13 unspecified atom stereocenters. The molecule has 4 aliphatic heterocycles. The number of aromatic amines is 1. The van der Waals surface area contributed by atoms with Crippen molar-refractivity contribution >= 4 is 45.0 Å². The van der Waals surface area contributed by atoms with Gasteiger partial charge >= 0.3 is 0 Å². The number of rotatable bonds is 3. The molecule has 5 heterocycles. The Kier molecular flexibility index (Phi) is 10.9. The maximum Gasteiger partial charge on any atom is 0.254 e. The normalized spacial score (nSPS) is 36.1. The Hall–Kier alpha value is -6.18. The van der Waals surface area contributed by atoms with Crippen molar-refractivity contribution in [3.63, 3.8) is 0 Å². The molecular formula is C68H70N2O12. The first-order chi connectivity index (χ1) is 39.9. The quantitative estimate of drug-likeness (QED) is 0.0938. The predicted octanol–water partition coefficient (Wildman–Crippen LogP) is 9.22. The summed E-state index contributed by atoms with van der Waals surface area (Å²) in [7, 11) is 1.62. The smallest absolute Gasteiger partial charge is 0.254 e. The predicted molar refractivity (Wildman–Crippen MR) is 303 cm³/mol. The van der Waals surface area contributed by atoms with Gasteiger partial charge in [0.05, 0.1) is 49.0 Å². The van der Waals surface area contributed by atoms with Gasteiger partial charge in [-0.25, -0.2) is 0 Å². The topological polar surface area (TPSA) is 200 Å². The Bertz CT molecular complexity index is 3810. The first-order valence-corrected chi connectivity index (χ1v) is 30.6. The number of allylic oxidation sites excluding steroid dienone is 2. The Balaban J connectivity index is 0.905. The Morgan fingerprint density at radius 1 is 0.902 bits per heavy atom. The van der Waals surface area contributed by atoms with Gasteiger partial charge in [-0.2, -0.15) is 0 Å². The van der Waals surface area contributed by atoms with Gasteiger partial charge in [0.2, 0.25) is 6.29 Å². The lowest BCUT2D eigenvalue weighted by Gasteiger charge is -2.59. The number of aromatic nitrogens is 1. The number of fused-ring (bicyclic) bond motifs is 10. The number of phenols is 1. The first kappa shape index (κ1) is 50.3. The molecule has 6 N–H and O–H groups in total. The second-order valence-electron chi connectivity index (χ2n) is 26.8. The van der Waals surface area contributed by atoms with E-state index in [0.717, 1.165) is 127 Å². The van der Waals surface area contributed by atoms with Crippen molar-refractivity contribution < 1.29 is 58.8 Å². The number of ketones is 1. The molecule has 17 rings (SSSR count). The molecule has 424 valence electrons. The number of benzene rings is 4. The van der Waals surface area contributed by atoms with Crippen molar-refractivity contribution in [1.82, 2.24) is 9.88 Å². The monoisotopic (exact) mass is 1110 g/mol. The number of ether oxygens (including phenoxy) is 5. The van der Waals surface area contributed by atoms with Crippen LogP contribution in [0.2, 0.25) is 0 Å². The summed E-state index contributed by atoms with van der Waals surface area (Å²) in [5, 5.41) is 65.2. The van der Waals surface area contributed by atoms with E-state index < -0.39 is 54.3 Å². The van der Waals surface area contributed by atoms with Crippen molar-refractivity contribution in [2.75, 3.05) is 26.9 Å². The van der Waals surface area contributed by atoms with Gasteiger partial charge in [0, 0.05) is 57.6 Å². The number of amides is 1. The zero-order valence-electron chi connectivity index (χ0n) is 46.4. The van der Waals surface area contributed by atoms with Crippen LogP contribution in [0.4, 0.5) is 0 Å². The van der Waals surface area contributed by atoms with Crippen molar-refractivity contribution in [3.05, 3.63) is 109 Å². The molecule has 82 heavy (non-hydrogen) atoms. The molecule has 1 amide bonds. The third kappa shape index (κ3) is 6.53. The lowest BCUT2D eigenvalue weighted by Crippen LogP contribution is -2.70. The summed E-state index contributed by atoms with van der Waals surface area (Å²) in [5.41, 5.74) is 9.05. The number of hydrogen-bond donors (Lipinski definition) is 6. The molecule has 1 saturated heterocycles. The highest BCUT2D eigenvalue weighted by Gasteiger charge is 2.69. The second kappa shape index (κ2) is 17.7. The van der Waals surface area contributed by atoms with Gasteiger partial charge in [-0.3, -0.25) is 9.59 Å². The summed E-state index contributed by atoms with van der Waals surface area (Å²) in [6, 6.07) is 7.79. The van der Waals surface area contributed by atoms with E-state index in [1.807, 2.05) is 24.4 Å². The van der Waals surface area contributed by atoms with Crippen LogP contribution in [0, 0.1) is 35.2 Å². The van der Waals surface area contributed by atoms with E-state index in [1.54, 1.807) is 24.1 Å². The number of methoxy groups -OCH3 is 1. The van der Waals surface area contributed by atoms with Crippen LogP contribution >= 0.6 is 0 Å². The molecule has 14 heteroatoms. The van der Waals surface area contributed by atoms with Crippen molar-refractivity contribution in [2.45, 2.75) is 175 Å². The number of carbonyl (C=O) groups excluding carboxylic acids is 2. The molecular weight excluding hydrogens is 1040 g/mol. The SMILES string of the molecule is COc1c2c3c4c(O)c(c5c6c4c1CCC6=CC1CCCC51)C(=O)CN1Cc4c(cccc4C1=O)CC#COC1C(O)C(COC(c4c[nH]c5cc6c7c(c45)CCC4CCCC45CC4CCCC4(O)CC75CC6)C=C2)OC(O3)C1(O)CO. The molecule has 0 radical (unpaired) electrons. The number of hydrogen-bond acceptors (Lipinski definition) is 12. The van der Waals surface area contributed by atoms with E-state index in [-0.39, 0.29) is 77.1 Å². The van der Waals surface area contributed by atoms with E-state index in [2.05, 4.69) is 29.2 Å². The molecule has 14 nitrogen and oxygen atoms in total. The molecule has 1 aromatic heterocycles. The third-order valence-electron chi connectivity index (χ3n) is 23.4. The summed E-state index contributed by atoms with van der Waals surface area (Å²) >= 11 is 0. The van der Waals surface area contributed by atoms with Crippen molar-refractivity contribution in [3.8, 4) is 29.3 Å². The molecule has 4 aromatic carbocycles. The third-order valence-corrected chi connectivity index (χ3v) is 23.4. The number of H-pyrrole nitrogens is 1. The minimum atomic E-state index is -2.47. The minimum absolute atomic E-state index is 0.0338. The number of aliphatic hydroxyl groups excluding tert-OH is 2. The van der Waals surface area contributed by atoms with Crippen LogP contribution in [0.5, 0.6) is 17.2 Å². The maximum absolute atomic E-state index is 15.6. The largest absolute Gasteiger partial charge is 0.506 e. The number of nitrogens with zero attached hydrogens (tertiary/aromatic N) is 1. The Morgan fingerprint density at radius 3 is 2.66 bits per heavy atom. The van der Waals surface area contributed by atoms with E-state index in [4.69, 9.17) is 23.7 Å². The maximum atomic E-state index is 15.6. The molecule has 8 aliphatic carbocycles. The number of phenolic OH excluding ortho intramolecular Hbond substituents is 1. The fraction of sp³-hybridized carbons (Fsp3) is 0.529. The van der Waals surface area contributed by atoms with Crippen molar-refractivity contribution in [2.24, 2.45) is 23.2 Å². The lowest BCUT2D eigenvalue weighted by atomic mass is 9.45. The number of aromatic hydroxyl groups is 1. The molecule has 8 bridgehead atoms. The molecule has 5 fully saturated rings. The fourth-order valence-electron chi connectivity index (χ4n) is 20.1. The molecule has 13 atom stereocenters. The number of carbonyl (C=O) groups is 2. The van der Waals surface area contributed by atoms with Crippen LogP contribution in [-0.2, 0) is 51.9 Å². The van der Waals surface area contributed by atoms with E-state index in [1.165, 1.54) is 36.0 Å². The van der Waals surface area contributed by atoms with Crippen LogP contribution in [0.3, 0.4) is 0 Å². The summed E-state index contributed by atoms with van der Waals surface area (Å²) in [6.45, 7) is -1.33. The van der Waals surface area contributed by atoms with Gasteiger partial charge in [0.25, 0.3) is 5.91 Å². The average Bonchev–Trinajstić information content (AvgIpc) is 2.27. The van der Waals surface area contributed by atoms with Gasteiger partial charge in [-0.1, -0.05) is 49.5 Å². The van der Waals surface area contributed by atoms with Crippen LogP contribution in [0.15, 0.2) is 42.6 Å². The van der Waals surface area contributed by atoms with E-state index in [0.29, 0.717) is 46.9 Å². The number of aryl methyl sites for hydroxylation is 3. The van der Waals surface area contributed by atoms with Crippen LogP contribution in [-0.4, -0.2) is 110 Å². The second-order valence-corrected chi connectivity index (χ2v) is 26.8. The number of Topliss-reactive ketones (excluding diaryl/α,β-unsaturated/α-hetero) is 1. The Morgan fingerprint density at radius 2 is 1.78 bits per heavy atom. The van der Waals surface area contributed by atoms with Crippen LogP contribution in [0.1, 0.15) is 178 Å². The highest BCUT2D eigenvalue weighted by molar-refractivity contribution is 6.17. The van der Waals surface area contributed by atoms with E-state index in [9.17, 15) is 30.3 Å². The minimum Gasteiger partial charge on any atom is -0.506 e. The number of aliphatic hydroxyl groups is 4. The van der Waals surface area contributed by atoms with Crippen LogP contribution in [0.25, 0.3) is 33.3 Å². The van der Waals surface area contributed by atoms with Gasteiger partial charge in [0.15, 0.2) is 17.5 Å². The van der Waals surface area contributed by atoms with Gasteiger partial charge in [0.1, 0.15) is 41.7 Å². The first-order valence-electron chi connectivity index (χ1n) is 30.6. The lowest BCUT2D eigenvalue weighted by molar-refractivity contribution is -0.328. The summed E-state index contributed by atoms with van der Waals surface area (Å²) < 4.78 is 33.9. The summed E-state index contributed by atoms with van der Waals surface area (Å²) in [5.74, 6) is 3.60. The summed E-state index contributed by atoms with van der Waals surface area (Å²) in [4.78, 5) is 35.2. The van der Waals surface area contributed by atoms with Crippen LogP contribution < -0.4 is 9.47 Å².